The number of hydrogen-bond acceptors (Lipinski definition) is 4. The fourth-order valence-electron chi connectivity index (χ4n) is 2.15. The second-order valence-electron chi connectivity index (χ2n) is 4.98. The van der Waals surface area contributed by atoms with Gasteiger partial charge in [-0.05, 0) is 17.7 Å². The highest BCUT2D eigenvalue weighted by molar-refractivity contribution is 7.98. The van der Waals surface area contributed by atoms with E-state index in [2.05, 4.69) is 9.97 Å². The minimum Gasteiger partial charge on any atom is -0.327 e. The minimum atomic E-state index is -0.407. The van der Waals surface area contributed by atoms with Crippen molar-refractivity contribution in [1.82, 2.24) is 19.1 Å². The third-order valence-corrected chi connectivity index (χ3v) is 5.12. The van der Waals surface area contributed by atoms with Gasteiger partial charge in [-0.3, -0.25) is 13.9 Å². The molecule has 3 aromatic rings. The first kappa shape index (κ1) is 16.2. The maximum Gasteiger partial charge on any atom is 0.332 e. The first-order valence-corrected chi connectivity index (χ1v) is 8.35. The van der Waals surface area contributed by atoms with E-state index in [4.69, 9.17) is 23.2 Å². The first-order valence-electron chi connectivity index (χ1n) is 6.61. The van der Waals surface area contributed by atoms with Crippen LogP contribution in [0.1, 0.15) is 5.56 Å². The second kappa shape index (κ2) is 6.07. The van der Waals surface area contributed by atoms with Crippen molar-refractivity contribution < 1.29 is 0 Å². The van der Waals surface area contributed by atoms with E-state index in [1.54, 1.807) is 19.2 Å². The molecular weight excluding hydrogens is 359 g/mol. The number of benzene rings is 1. The molecule has 0 bridgehead atoms. The number of halogens is 2. The highest BCUT2D eigenvalue weighted by Gasteiger charge is 2.13. The van der Waals surface area contributed by atoms with Crippen LogP contribution in [0.5, 0.6) is 0 Å². The molecule has 9 heteroatoms. The number of nitrogens with zero attached hydrogens (tertiary/aromatic N) is 3. The molecule has 2 aromatic heterocycles. The largest absolute Gasteiger partial charge is 0.332 e. The van der Waals surface area contributed by atoms with E-state index in [1.165, 1.54) is 23.4 Å². The maximum absolute atomic E-state index is 12.1. The lowest BCUT2D eigenvalue weighted by Crippen LogP contribution is -2.36. The molecule has 0 radical (unpaired) electrons. The van der Waals surface area contributed by atoms with Crippen LogP contribution in [0.15, 0.2) is 32.9 Å². The number of hydrogen-bond donors (Lipinski definition) is 1. The van der Waals surface area contributed by atoms with Crippen LogP contribution >= 0.6 is 35.0 Å². The van der Waals surface area contributed by atoms with Gasteiger partial charge >= 0.3 is 5.69 Å². The summed E-state index contributed by atoms with van der Waals surface area (Å²) in [6.07, 6.45) is 0. The van der Waals surface area contributed by atoms with E-state index < -0.39 is 11.2 Å². The first-order chi connectivity index (χ1) is 10.9. The summed E-state index contributed by atoms with van der Waals surface area (Å²) >= 11 is 13.3. The highest BCUT2D eigenvalue weighted by atomic mass is 35.5. The number of H-pyrrole nitrogens is 1. The van der Waals surface area contributed by atoms with Crippen LogP contribution in [0.3, 0.4) is 0 Å². The van der Waals surface area contributed by atoms with Gasteiger partial charge in [-0.2, -0.15) is 0 Å². The molecule has 3 rings (SSSR count). The molecule has 0 aliphatic heterocycles. The second-order valence-corrected chi connectivity index (χ2v) is 6.76. The Morgan fingerprint density at radius 2 is 1.91 bits per heavy atom. The molecule has 1 N–H and O–H groups in total. The maximum atomic E-state index is 12.1. The topological polar surface area (TPSA) is 72.7 Å². The van der Waals surface area contributed by atoms with Gasteiger partial charge in [0.1, 0.15) is 0 Å². The van der Waals surface area contributed by atoms with Gasteiger partial charge in [-0.25, -0.2) is 9.78 Å². The summed E-state index contributed by atoms with van der Waals surface area (Å²) in [6, 6.07) is 5.39. The molecule has 0 unspecified atom stereocenters. The molecule has 0 atom stereocenters. The van der Waals surface area contributed by atoms with Crippen molar-refractivity contribution in [3.05, 3.63) is 54.6 Å². The third-order valence-electron chi connectivity index (χ3n) is 3.43. The molecule has 23 heavy (non-hydrogen) atoms. The number of aromatic amines is 1. The van der Waals surface area contributed by atoms with Gasteiger partial charge in [-0.1, -0.05) is 41.0 Å². The van der Waals surface area contributed by atoms with Crippen molar-refractivity contribution in [2.75, 3.05) is 0 Å². The predicted molar refractivity (Wildman–Crippen MR) is 92.6 cm³/mol. The standard InChI is InChI=1S/C14H12Cl2N4O2S/c1-19-11-10(12(21)20(2)14(19)22)17-13(18-11)23-6-7-3-4-8(15)9(16)5-7/h3-5H,6H2,1-2H3,(H,17,18). The third kappa shape index (κ3) is 2.91. The summed E-state index contributed by atoms with van der Waals surface area (Å²) in [4.78, 5) is 31.3. The average Bonchev–Trinajstić information content (AvgIpc) is 2.96. The number of thioether (sulfide) groups is 1. The lowest BCUT2D eigenvalue weighted by atomic mass is 10.2. The lowest BCUT2D eigenvalue weighted by molar-refractivity contribution is 0.708. The Hall–Kier alpha value is -1.70. The van der Waals surface area contributed by atoms with Gasteiger partial charge in [0.25, 0.3) is 5.56 Å². The van der Waals surface area contributed by atoms with Gasteiger partial charge in [0.2, 0.25) is 0 Å². The van der Waals surface area contributed by atoms with Crippen LogP contribution in [0, 0.1) is 0 Å². The van der Waals surface area contributed by atoms with Crippen LogP contribution in [0.4, 0.5) is 0 Å². The quantitative estimate of drug-likeness (QED) is 0.719. The van der Waals surface area contributed by atoms with Gasteiger partial charge in [0.15, 0.2) is 16.3 Å². The van der Waals surface area contributed by atoms with Crippen molar-refractivity contribution in [3.8, 4) is 0 Å². The van der Waals surface area contributed by atoms with E-state index in [-0.39, 0.29) is 0 Å². The summed E-state index contributed by atoms with van der Waals surface area (Å²) in [5.41, 5.74) is 0.833. The average molecular weight is 371 g/mol. The Morgan fingerprint density at radius 1 is 1.17 bits per heavy atom. The van der Waals surface area contributed by atoms with Crippen molar-refractivity contribution in [2.24, 2.45) is 14.1 Å². The molecule has 2 heterocycles. The van der Waals surface area contributed by atoms with E-state index in [0.717, 1.165) is 10.1 Å². The number of imidazole rings is 1. The van der Waals surface area contributed by atoms with E-state index in [1.807, 2.05) is 6.07 Å². The Labute approximate surface area is 145 Å². The molecule has 1 aromatic carbocycles. The molecular formula is C14H12Cl2N4O2S. The monoisotopic (exact) mass is 370 g/mol. The molecule has 0 saturated carbocycles. The molecule has 0 spiro atoms. The van der Waals surface area contributed by atoms with Gasteiger partial charge in [-0.15, -0.1) is 0 Å². The Kier molecular flexibility index (Phi) is 4.27. The molecule has 120 valence electrons. The summed E-state index contributed by atoms with van der Waals surface area (Å²) in [7, 11) is 3.02. The number of aromatic nitrogens is 4. The Balaban J connectivity index is 1.94. The normalized spacial score (nSPS) is 11.3. The fraction of sp³-hybridized carbons (Fsp3) is 0.214. The zero-order valence-corrected chi connectivity index (χ0v) is 14.6. The van der Waals surface area contributed by atoms with Crippen molar-refractivity contribution >= 4 is 46.1 Å². The van der Waals surface area contributed by atoms with Gasteiger partial charge in [0, 0.05) is 19.8 Å². The zero-order valence-electron chi connectivity index (χ0n) is 12.3. The van der Waals surface area contributed by atoms with Crippen molar-refractivity contribution in [3.63, 3.8) is 0 Å². The predicted octanol–water partition coefficient (Wildman–Crippen LogP) is 2.56. The van der Waals surface area contributed by atoms with Crippen LogP contribution in [-0.4, -0.2) is 19.1 Å². The number of fused-ring (bicyclic) bond motifs is 1. The Bertz CT molecular complexity index is 1020. The fourth-order valence-corrected chi connectivity index (χ4v) is 3.28. The number of nitrogens with one attached hydrogen (secondary N) is 1. The van der Waals surface area contributed by atoms with Crippen LogP contribution in [0.2, 0.25) is 10.0 Å². The summed E-state index contributed by atoms with van der Waals surface area (Å²) in [5, 5.41) is 1.55. The molecule has 0 amide bonds. The highest BCUT2D eigenvalue weighted by Crippen LogP contribution is 2.27. The number of rotatable bonds is 3. The Morgan fingerprint density at radius 3 is 2.61 bits per heavy atom. The van der Waals surface area contributed by atoms with E-state index in [0.29, 0.717) is 32.1 Å². The van der Waals surface area contributed by atoms with Gasteiger partial charge in [0.05, 0.1) is 10.0 Å². The summed E-state index contributed by atoms with van der Waals surface area (Å²) < 4.78 is 2.39. The van der Waals surface area contributed by atoms with Crippen molar-refractivity contribution in [2.45, 2.75) is 10.9 Å². The van der Waals surface area contributed by atoms with Crippen LogP contribution < -0.4 is 11.2 Å². The van der Waals surface area contributed by atoms with E-state index >= 15 is 0 Å². The smallest absolute Gasteiger partial charge is 0.327 e. The van der Waals surface area contributed by atoms with Crippen LogP contribution in [-0.2, 0) is 19.8 Å². The van der Waals surface area contributed by atoms with E-state index in [9.17, 15) is 9.59 Å². The molecule has 0 aliphatic carbocycles. The SMILES string of the molecule is Cn1c(=O)c2[nH]c(SCc3ccc(Cl)c(Cl)c3)nc2n(C)c1=O. The summed E-state index contributed by atoms with van der Waals surface area (Å²) in [6.45, 7) is 0. The number of aryl methyl sites for hydroxylation is 1. The van der Waals surface area contributed by atoms with Crippen molar-refractivity contribution in [1.29, 1.82) is 0 Å². The molecule has 0 aliphatic rings. The van der Waals surface area contributed by atoms with Crippen LogP contribution in [0.25, 0.3) is 11.2 Å². The zero-order chi connectivity index (χ0) is 16.7. The molecule has 6 nitrogen and oxygen atoms in total. The minimum absolute atomic E-state index is 0.311. The molecule has 0 saturated heterocycles. The van der Waals surface area contributed by atoms with Gasteiger partial charge < -0.3 is 4.98 Å². The molecule has 0 fully saturated rings. The summed E-state index contributed by atoms with van der Waals surface area (Å²) in [5.74, 6) is 0.602. The lowest BCUT2D eigenvalue weighted by Gasteiger charge is -2.01.